The van der Waals surface area contributed by atoms with E-state index in [2.05, 4.69) is 15.2 Å². The number of likely N-dealkylation sites (tertiary alicyclic amines) is 1. The lowest BCUT2D eigenvalue weighted by molar-refractivity contribution is -0.138. The fourth-order valence-electron chi connectivity index (χ4n) is 6.28. The molecule has 2 aromatic heterocycles. The molecule has 1 atom stereocenters. The minimum atomic E-state index is -0.100. The van der Waals surface area contributed by atoms with Crippen LogP contribution in [0.4, 0.5) is 5.69 Å². The number of thiophene rings is 1. The smallest absolute Gasteiger partial charge is 0.230 e. The van der Waals surface area contributed by atoms with E-state index in [-0.39, 0.29) is 11.8 Å². The number of anilines is 1. The second-order valence-corrected chi connectivity index (χ2v) is 11.9. The van der Waals surface area contributed by atoms with Crippen molar-refractivity contribution in [2.75, 3.05) is 24.6 Å². The molecule has 7 rings (SSSR count). The van der Waals surface area contributed by atoms with Crippen LogP contribution in [0.15, 0.2) is 30.5 Å². The molecule has 4 aliphatic rings. The highest BCUT2D eigenvalue weighted by molar-refractivity contribution is 7.19. The van der Waals surface area contributed by atoms with Crippen molar-refractivity contribution in [1.29, 1.82) is 0 Å². The third kappa shape index (κ3) is 3.61. The number of hydrogen-bond donors (Lipinski definition) is 1. The van der Waals surface area contributed by atoms with Crippen LogP contribution in [0.1, 0.15) is 43.4 Å². The van der Waals surface area contributed by atoms with Crippen molar-refractivity contribution in [3.8, 4) is 16.9 Å². The Morgan fingerprint density at radius 3 is 2.75 bits per heavy atom. The van der Waals surface area contributed by atoms with Crippen LogP contribution in [-0.4, -0.2) is 53.0 Å². The minimum Gasteiger partial charge on any atom is -0.489 e. The number of aromatic nitrogens is 1. The van der Waals surface area contributed by atoms with E-state index < -0.39 is 0 Å². The van der Waals surface area contributed by atoms with Crippen molar-refractivity contribution in [2.24, 2.45) is 0 Å². The number of carbonyl (C=O) groups excluding carboxylic acids is 2. The van der Waals surface area contributed by atoms with Crippen LogP contribution in [-0.2, 0) is 16.1 Å². The summed E-state index contributed by atoms with van der Waals surface area (Å²) in [6.07, 6.45) is 7.41. The van der Waals surface area contributed by atoms with Gasteiger partial charge in [-0.15, -0.1) is 11.3 Å². The zero-order valence-electron chi connectivity index (χ0n) is 19.9. The predicted octanol–water partition coefficient (Wildman–Crippen LogP) is 4.75. The molecule has 7 nitrogen and oxygen atoms in total. The largest absolute Gasteiger partial charge is 0.489 e. The Morgan fingerprint density at radius 1 is 1.17 bits per heavy atom. The second-order valence-electron chi connectivity index (χ2n) is 10.4. The molecule has 1 N–H and O–H groups in total. The number of pyridine rings is 1. The fraction of sp³-hybridized carbons (Fsp3) is 0.444. The quantitative estimate of drug-likeness (QED) is 0.498. The molecule has 3 aliphatic heterocycles. The Hall–Kier alpha value is -2.68. The Kier molecular flexibility index (Phi) is 5.27. The number of hydrogen-bond acceptors (Lipinski definition) is 7. The van der Waals surface area contributed by atoms with Crippen LogP contribution >= 0.6 is 22.9 Å². The summed E-state index contributed by atoms with van der Waals surface area (Å²) in [5.74, 6) is 0.627. The third-order valence-electron chi connectivity index (χ3n) is 8.23. The molecule has 1 spiro atoms. The molecule has 5 heterocycles. The number of benzene rings is 1. The lowest BCUT2D eigenvalue weighted by Crippen LogP contribution is -2.46. The van der Waals surface area contributed by atoms with Gasteiger partial charge in [-0.05, 0) is 43.9 Å². The van der Waals surface area contributed by atoms with Crippen LogP contribution in [0.5, 0.6) is 5.75 Å². The summed E-state index contributed by atoms with van der Waals surface area (Å²) in [7, 11) is 0. The first-order valence-electron chi connectivity index (χ1n) is 12.7. The number of rotatable bonds is 4. The number of nitrogens with one attached hydrogen (secondary N) is 1. The molecule has 36 heavy (non-hydrogen) atoms. The lowest BCUT2D eigenvalue weighted by Gasteiger charge is -2.41. The molecule has 3 fully saturated rings. The van der Waals surface area contributed by atoms with Gasteiger partial charge in [0.1, 0.15) is 12.4 Å². The SMILES string of the molecule is O=C1CCC(=O)N1Cc1cc2nccc(-c3cc(Cl)cc4c3N(C3CNC5(CCC5)C3)CCO4)c2s1. The summed E-state index contributed by atoms with van der Waals surface area (Å²) in [5, 5.41) is 4.46. The van der Waals surface area contributed by atoms with Crippen LogP contribution in [0.3, 0.4) is 0 Å². The molecule has 0 bridgehead atoms. The Morgan fingerprint density at radius 2 is 2.00 bits per heavy atom. The van der Waals surface area contributed by atoms with Crippen molar-refractivity contribution in [2.45, 2.75) is 56.7 Å². The van der Waals surface area contributed by atoms with Crippen molar-refractivity contribution < 1.29 is 14.3 Å². The molecule has 1 unspecified atom stereocenters. The Balaban J connectivity index is 1.30. The van der Waals surface area contributed by atoms with E-state index >= 15 is 0 Å². The number of imide groups is 1. The van der Waals surface area contributed by atoms with Crippen molar-refractivity contribution in [1.82, 2.24) is 15.2 Å². The summed E-state index contributed by atoms with van der Waals surface area (Å²) in [6, 6.07) is 8.40. The number of ether oxygens (including phenoxy) is 1. The van der Waals surface area contributed by atoms with E-state index in [1.807, 2.05) is 30.5 Å². The van der Waals surface area contributed by atoms with Gasteiger partial charge in [0.25, 0.3) is 0 Å². The molecule has 186 valence electrons. The van der Waals surface area contributed by atoms with Gasteiger partial charge in [-0.25, -0.2) is 0 Å². The first-order chi connectivity index (χ1) is 17.5. The van der Waals surface area contributed by atoms with Gasteiger partial charge in [-0.1, -0.05) is 11.6 Å². The van der Waals surface area contributed by atoms with E-state index in [1.54, 1.807) is 11.3 Å². The highest BCUT2D eigenvalue weighted by Gasteiger charge is 2.46. The molecule has 3 aromatic rings. The Bertz CT molecular complexity index is 1390. The normalized spacial score (nSPS) is 22.9. The zero-order valence-corrected chi connectivity index (χ0v) is 21.5. The number of fused-ring (bicyclic) bond motifs is 2. The van der Waals surface area contributed by atoms with Gasteiger partial charge in [0.2, 0.25) is 11.8 Å². The van der Waals surface area contributed by atoms with Gasteiger partial charge >= 0.3 is 0 Å². The molecule has 9 heteroatoms. The lowest BCUT2D eigenvalue weighted by atomic mass is 9.75. The average molecular weight is 523 g/mol. The van der Waals surface area contributed by atoms with E-state index in [0.29, 0.717) is 42.6 Å². The van der Waals surface area contributed by atoms with Crippen molar-refractivity contribution in [3.63, 3.8) is 0 Å². The van der Waals surface area contributed by atoms with E-state index in [4.69, 9.17) is 16.3 Å². The number of amides is 2. The van der Waals surface area contributed by atoms with Gasteiger partial charge in [-0.3, -0.25) is 19.5 Å². The maximum atomic E-state index is 12.2. The predicted molar refractivity (Wildman–Crippen MR) is 141 cm³/mol. The number of carbonyl (C=O) groups is 2. The summed E-state index contributed by atoms with van der Waals surface area (Å²) in [4.78, 5) is 33.8. The highest BCUT2D eigenvalue weighted by Crippen LogP contribution is 2.49. The van der Waals surface area contributed by atoms with Crippen molar-refractivity contribution >= 4 is 50.7 Å². The Labute approximate surface area is 218 Å². The summed E-state index contributed by atoms with van der Waals surface area (Å²) >= 11 is 8.20. The van der Waals surface area contributed by atoms with Gasteiger partial charge in [0.05, 0.1) is 29.0 Å². The van der Waals surface area contributed by atoms with E-state index in [0.717, 1.165) is 57.2 Å². The first-order valence-corrected chi connectivity index (χ1v) is 13.9. The van der Waals surface area contributed by atoms with Crippen LogP contribution < -0.4 is 15.0 Å². The average Bonchev–Trinajstić information content (AvgIpc) is 3.56. The molecule has 2 saturated heterocycles. The van der Waals surface area contributed by atoms with Gasteiger partial charge in [0.15, 0.2) is 0 Å². The molecule has 2 amide bonds. The summed E-state index contributed by atoms with van der Waals surface area (Å²) in [6.45, 7) is 2.77. The van der Waals surface area contributed by atoms with Gasteiger partial charge in [0, 0.05) is 64.3 Å². The van der Waals surface area contributed by atoms with Gasteiger partial charge in [-0.2, -0.15) is 0 Å². The number of nitrogens with zero attached hydrogens (tertiary/aromatic N) is 3. The summed E-state index contributed by atoms with van der Waals surface area (Å²) in [5.41, 5.74) is 4.36. The molecule has 1 saturated carbocycles. The van der Waals surface area contributed by atoms with E-state index in [9.17, 15) is 9.59 Å². The highest BCUT2D eigenvalue weighted by atomic mass is 35.5. The first kappa shape index (κ1) is 22.5. The molecule has 1 aromatic carbocycles. The number of halogens is 1. The maximum absolute atomic E-state index is 12.2. The zero-order chi connectivity index (χ0) is 24.4. The molecular formula is C27H27ClN4O3S. The van der Waals surface area contributed by atoms with Crippen LogP contribution in [0, 0.1) is 0 Å². The molecule has 1 aliphatic carbocycles. The third-order valence-corrected chi connectivity index (χ3v) is 9.59. The second kappa shape index (κ2) is 8.43. The van der Waals surface area contributed by atoms with Crippen LogP contribution in [0.2, 0.25) is 5.02 Å². The van der Waals surface area contributed by atoms with Gasteiger partial charge < -0.3 is 15.0 Å². The topological polar surface area (TPSA) is 74.8 Å². The van der Waals surface area contributed by atoms with Crippen LogP contribution in [0.25, 0.3) is 21.3 Å². The monoisotopic (exact) mass is 522 g/mol. The van der Waals surface area contributed by atoms with E-state index in [1.165, 1.54) is 24.2 Å². The minimum absolute atomic E-state index is 0.100. The maximum Gasteiger partial charge on any atom is 0.230 e. The standard InChI is InChI=1S/C27H27ClN4O3S/c28-16-10-20(25-22(11-16)35-9-8-31(25)17-13-27(30-14-17)5-1-6-27)19-4-7-29-21-12-18(36-26(19)21)15-32-23(33)2-3-24(32)34/h4,7,10-12,17,30H,1-3,5-6,8-9,13-15H2. The fourth-order valence-corrected chi connectivity index (χ4v) is 7.62. The molecule has 0 radical (unpaired) electrons. The summed E-state index contributed by atoms with van der Waals surface area (Å²) < 4.78 is 7.17. The van der Waals surface area contributed by atoms with Crippen molar-refractivity contribution in [3.05, 3.63) is 40.4 Å². The molecular weight excluding hydrogens is 496 g/mol.